The number of aliphatic hydroxyl groups excluding tert-OH is 1. The monoisotopic (exact) mass is 379 g/mol. The van der Waals surface area contributed by atoms with Crippen molar-refractivity contribution in [3.63, 3.8) is 0 Å². The maximum absolute atomic E-state index is 12.8. The molecule has 28 heavy (non-hydrogen) atoms. The maximum Gasteiger partial charge on any atom is 0.268 e. The van der Waals surface area contributed by atoms with Crippen molar-refractivity contribution in [3.05, 3.63) is 29.9 Å². The zero-order valence-corrected chi connectivity index (χ0v) is 15.8. The van der Waals surface area contributed by atoms with Gasteiger partial charge in [0.15, 0.2) is 5.57 Å². The Morgan fingerprint density at radius 2 is 2.25 bits per heavy atom. The van der Waals surface area contributed by atoms with E-state index < -0.39 is 11.7 Å². The van der Waals surface area contributed by atoms with E-state index in [0.29, 0.717) is 19.0 Å². The van der Waals surface area contributed by atoms with Gasteiger partial charge >= 0.3 is 0 Å². The highest BCUT2D eigenvalue weighted by Gasteiger charge is 2.34. The number of fused-ring (bicyclic) bond motifs is 1. The molecule has 0 unspecified atom stereocenters. The van der Waals surface area contributed by atoms with Crippen LogP contribution in [0.3, 0.4) is 0 Å². The van der Waals surface area contributed by atoms with Crippen LogP contribution in [0.1, 0.15) is 19.8 Å². The molecule has 1 aliphatic heterocycles. The number of hydrogen-bond acceptors (Lipinski definition) is 7. The summed E-state index contributed by atoms with van der Waals surface area (Å²) in [5.74, 6) is 0.0272. The number of hydrogen-bond donors (Lipinski definition) is 2. The van der Waals surface area contributed by atoms with E-state index in [4.69, 9.17) is 5.26 Å². The molecule has 1 aliphatic rings. The molecule has 0 radical (unpaired) electrons. The molecule has 144 valence electrons. The van der Waals surface area contributed by atoms with Crippen molar-refractivity contribution in [1.82, 2.24) is 19.9 Å². The molecular formula is C19H21N7O2. The third kappa shape index (κ3) is 3.47. The number of likely N-dealkylation sites (tertiary alicyclic amines) is 1. The number of H-pyrrole nitrogens is 1. The highest BCUT2D eigenvalue weighted by Crippen LogP contribution is 2.29. The van der Waals surface area contributed by atoms with Crippen molar-refractivity contribution in [3.8, 4) is 12.1 Å². The minimum absolute atomic E-state index is 0.0243. The van der Waals surface area contributed by atoms with Crippen molar-refractivity contribution >= 4 is 22.8 Å². The summed E-state index contributed by atoms with van der Waals surface area (Å²) < 4.78 is 0. The number of piperidine rings is 1. The molecule has 0 aromatic carbocycles. The van der Waals surface area contributed by atoms with Crippen LogP contribution in [0.25, 0.3) is 11.0 Å². The third-order valence-corrected chi connectivity index (χ3v) is 5.23. The standard InChI is InChI=1S/C19H21N7O2/c1-12-5-8-26(19(28)14(9-21)16(27)3-6-20)10-15(12)25(2)18-13-4-7-22-17(13)23-11-24-18/h4,7,11-12,15,27H,3,5,8,10H2,1-2H3,(H,22,23,24)/b16-14+/t12-,15+/m1/s1. The van der Waals surface area contributed by atoms with Gasteiger partial charge in [0, 0.05) is 26.3 Å². The Morgan fingerprint density at radius 1 is 1.46 bits per heavy atom. The summed E-state index contributed by atoms with van der Waals surface area (Å²) in [6.07, 6.45) is 3.69. The molecule has 9 heteroatoms. The SMILES string of the molecule is C[C@@H]1CCN(C(=O)/C(C#N)=C(/O)CC#N)C[C@@H]1N(C)c1ncnc2[nH]ccc12. The lowest BCUT2D eigenvalue weighted by Gasteiger charge is -2.42. The molecular weight excluding hydrogens is 358 g/mol. The molecule has 2 atom stereocenters. The summed E-state index contributed by atoms with van der Waals surface area (Å²) in [5.41, 5.74) is 0.372. The van der Waals surface area contributed by atoms with E-state index in [0.717, 1.165) is 23.3 Å². The number of carbonyl (C=O) groups is 1. The van der Waals surface area contributed by atoms with Gasteiger partial charge < -0.3 is 19.9 Å². The summed E-state index contributed by atoms with van der Waals surface area (Å²) in [7, 11) is 1.93. The van der Waals surface area contributed by atoms with Crippen LogP contribution >= 0.6 is 0 Å². The lowest BCUT2D eigenvalue weighted by Crippen LogP contribution is -2.53. The average molecular weight is 379 g/mol. The molecule has 0 saturated carbocycles. The Morgan fingerprint density at radius 3 is 2.96 bits per heavy atom. The second kappa shape index (κ2) is 7.97. The Balaban J connectivity index is 1.86. The van der Waals surface area contributed by atoms with Crippen molar-refractivity contribution in [2.75, 3.05) is 25.0 Å². The van der Waals surface area contributed by atoms with E-state index in [1.807, 2.05) is 18.0 Å². The molecule has 9 nitrogen and oxygen atoms in total. The van der Waals surface area contributed by atoms with Crippen molar-refractivity contribution in [1.29, 1.82) is 10.5 Å². The number of nitrogens with one attached hydrogen (secondary N) is 1. The van der Waals surface area contributed by atoms with Crippen LogP contribution < -0.4 is 4.90 Å². The summed E-state index contributed by atoms with van der Waals surface area (Å²) >= 11 is 0. The fourth-order valence-electron chi connectivity index (χ4n) is 3.59. The van der Waals surface area contributed by atoms with Crippen LogP contribution in [0.5, 0.6) is 0 Å². The Hall–Kier alpha value is -3.59. The number of carbonyl (C=O) groups excluding carboxylic acids is 1. The van der Waals surface area contributed by atoms with Gasteiger partial charge in [0.05, 0.1) is 23.9 Å². The number of nitriles is 2. The molecule has 2 N–H and O–H groups in total. The molecule has 2 aromatic heterocycles. The molecule has 1 fully saturated rings. The van der Waals surface area contributed by atoms with Crippen LogP contribution in [-0.4, -0.2) is 57.0 Å². The number of nitrogens with zero attached hydrogens (tertiary/aromatic N) is 6. The summed E-state index contributed by atoms with van der Waals surface area (Å²) in [5, 5.41) is 28.7. The molecule has 3 rings (SSSR count). The topological polar surface area (TPSA) is 133 Å². The summed E-state index contributed by atoms with van der Waals surface area (Å²) in [4.78, 5) is 28.0. The quantitative estimate of drug-likeness (QED) is 0.471. The first-order valence-corrected chi connectivity index (χ1v) is 8.97. The number of rotatable bonds is 4. The van der Waals surface area contributed by atoms with E-state index in [1.165, 1.54) is 6.33 Å². The number of likely N-dealkylation sites (N-methyl/N-ethyl adjacent to an activating group) is 1. The van der Waals surface area contributed by atoms with E-state index in [1.54, 1.807) is 23.2 Å². The van der Waals surface area contributed by atoms with Gasteiger partial charge in [0.1, 0.15) is 29.6 Å². The Labute approximate surface area is 162 Å². The second-order valence-electron chi connectivity index (χ2n) is 6.90. The minimum atomic E-state index is -0.546. The van der Waals surface area contributed by atoms with Gasteiger partial charge in [-0.25, -0.2) is 9.97 Å². The van der Waals surface area contributed by atoms with Gasteiger partial charge in [0.25, 0.3) is 5.91 Å². The molecule has 3 heterocycles. The summed E-state index contributed by atoms with van der Waals surface area (Å²) in [6, 6.07) is 5.38. The van der Waals surface area contributed by atoms with E-state index in [-0.39, 0.29) is 18.0 Å². The maximum atomic E-state index is 12.8. The molecule has 2 aromatic rings. The van der Waals surface area contributed by atoms with Gasteiger partial charge in [0.2, 0.25) is 0 Å². The van der Waals surface area contributed by atoms with Crippen molar-refractivity contribution < 1.29 is 9.90 Å². The first-order chi connectivity index (χ1) is 13.5. The fourth-order valence-corrected chi connectivity index (χ4v) is 3.59. The summed E-state index contributed by atoms with van der Waals surface area (Å²) in [6.45, 7) is 2.99. The molecule has 0 spiro atoms. The van der Waals surface area contributed by atoms with Crippen molar-refractivity contribution in [2.24, 2.45) is 5.92 Å². The van der Waals surface area contributed by atoms with Gasteiger partial charge in [-0.2, -0.15) is 10.5 Å². The Bertz CT molecular complexity index is 998. The van der Waals surface area contributed by atoms with Gasteiger partial charge in [-0.05, 0) is 18.4 Å². The zero-order valence-electron chi connectivity index (χ0n) is 15.8. The zero-order chi connectivity index (χ0) is 20.3. The molecule has 1 saturated heterocycles. The number of aliphatic hydroxyl groups is 1. The number of aromatic nitrogens is 3. The van der Waals surface area contributed by atoms with E-state index in [2.05, 4.69) is 21.9 Å². The van der Waals surface area contributed by atoms with Gasteiger partial charge in [-0.15, -0.1) is 0 Å². The van der Waals surface area contributed by atoms with Crippen LogP contribution in [-0.2, 0) is 4.79 Å². The van der Waals surface area contributed by atoms with Crippen molar-refractivity contribution in [2.45, 2.75) is 25.8 Å². The van der Waals surface area contributed by atoms with Gasteiger partial charge in [-0.3, -0.25) is 4.79 Å². The first-order valence-electron chi connectivity index (χ1n) is 8.97. The largest absolute Gasteiger partial charge is 0.510 e. The number of aromatic amines is 1. The smallest absolute Gasteiger partial charge is 0.268 e. The Kier molecular flexibility index (Phi) is 5.46. The molecule has 0 aliphatic carbocycles. The first kappa shape index (κ1) is 19.2. The fraction of sp³-hybridized carbons (Fsp3) is 0.421. The molecule has 1 amide bonds. The predicted molar refractivity (Wildman–Crippen MR) is 102 cm³/mol. The minimum Gasteiger partial charge on any atom is -0.510 e. The third-order valence-electron chi connectivity index (χ3n) is 5.23. The van der Waals surface area contributed by atoms with Crippen LogP contribution in [0.15, 0.2) is 29.9 Å². The second-order valence-corrected chi connectivity index (χ2v) is 6.90. The van der Waals surface area contributed by atoms with E-state index in [9.17, 15) is 15.2 Å². The van der Waals surface area contributed by atoms with Gasteiger partial charge in [-0.1, -0.05) is 6.92 Å². The predicted octanol–water partition coefficient (Wildman–Crippen LogP) is 1.88. The highest BCUT2D eigenvalue weighted by molar-refractivity contribution is 5.98. The van der Waals surface area contributed by atoms with Crippen LogP contribution in [0.4, 0.5) is 5.82 Å². The number of anilines is 1. The highest BCUT2D eigenvalue weighted by atomic mass is 16.3. The lowest BCUT2D eigenvalue weighted by molar-refractivity contribution is -0.128. The molecule has 0 bridgehead atoms. The van der Waals surface area contributed by atoms with E-state index >= 15 is 0 Å². The number of allylic oxidation sites excluding steroid dienone is 1. The van der Waals surface area contributed by atoms with Crippen LogP contribution in [0.2, 0.25) is 0 Å². The average Bonchev–Trinajstić information content (AvgIpc) is 3.17. The normalized spacial score (nSPS) is 20.2. The number of amides is 1. The lowest BCUT2D eigenvalue weighted by atomic mass is 9.91. The van der Waals surface area contributed by atoms with Crippen LogP contribution in [0, 0.1) is 28.6 Å².